The fourth-order valence-corrected chi connectivity index (χ4v) is 5.21. The van der Waals surface area contributed by atoms with Gasteiger partial charge >= 0.3 is 0 Å². The molecule has 6 heteroatoms. The molecule has 0 unspecified atom stereocenters. The summed E-state index contributed by atoms with van der Waals surface area (Å²) in [5, 5.41) is 20.9. The van der Waals surface area contributed by atoms with Gasteiger partial charge in [0.25, 0.3) is 0 Å². The van der Waals surface area contributed by atoms with Gasteiger partial charge in [-0.3, -0.25) is 9.98 Å². The Morgan fingerprint density at radius 1 is 0.478 bits per heavy atom. The van der Waals surface area contributed by atoms with Gasteiger partial charge in [0, 0.05) is 35.7 Å². The monoisotopic (exact) mass is 628 g/mol. The SMILES string of the molecule is CCCCCCCCCCOc1ccc(C=Nc2ccc(N=Cc3ccc(OCCCCCCCCCC)cc3O)cc2)c(O)c1. The molecule has 0 spiro atoms. The predicted molar refractivity (Wildman–Crippen MR) is 193 cm³/mol. The molecule has 0 aromatic heterocycles. The van der Waals surface area contributed by atoms with E-state index >= 15 is 0 Å². The van der Waals surface area contributed by atoms with Crippen molar-refractivity contribution in [1.29, 1.82) is 0 Å². The fourth-order valence-electron chi connectivity index (χ4n) is 5.21. The quantitative estimate of drug-likeness (QED) is 0.0763. The smallest absolute Gasteiger partial charge is 0.128 e. The lowest BCUT2D eigenvalue weighted by atomic mass is 10.1. The molecule has 2 N–H and O–H groups in total. The van der Waals surface area contributed by atoms with Crippen LogP contribution in [0.15, 0.2) is 70.6 Å². The molecular weight excluding hydrogens is 572 g/mol. The van der Waals surface area contributed by atoms with Crippen LogP contribution in [-0.4, -0.2) is 35.9 Å². The normalized spacial score (nSPS) is 11.5. The first kappa shape index (κ1) is 36.7. The van der Waals surface area contributed by atoms with Gasteiger partial charge < -0.3 is 19.7 Å². The van der Waals surface area contributed by atoms with E-state index in [1.165, 1.54) is 89.9 Å². The molecule has 3 rings (SSSR count). The van der Waals surface area contributed by atoms with Crippen molar-refractivity contribution in [3.05, 3.63) is 71.8 Å². The Bertz CT molecular complexity index is 1200. The molecule has 0 saturated heterocycles. The van der Waals surface area contributed by atoms with E-state index < -0.39 is 0 Å². The lowest BCUT2D eigenvalue weighted by Crippen LogP contribution is -1.97. The topological polar surface area (TPSA) is 83.6 Å². The van der Waals surface area contributed by atoms with E-state index in [1.807, 2.05) is 48.5 Å². The molecule has 0 saturated carbocycles. The van der Waals surface area contributed by atoms with Gasteiger partial charge in [-0.2, -0.15) is 0 Å². The summed E-state index contributed by atoms with van der Waals surface area (Å²) in [6.07, 6.45) is 23.4. The summed E-state index contributed by atoms with van der Waals surface area (Å²) < 4.78 is 11.7. The minimum Gasteiger partial charge on any atom is -0.507 e. The van der Waals surface area contributed by atoms with E-state index in [0.29, 0.717) is 35.8 Å². The molecule has 0 heterocycles. The van der Waals surface area contributed by atoms with E-state index in [4.69, 9.17) is 9.47 Å². The highest BCUT2D eigenvalue weighted by Gasteiger charge is 2.04. The molecular formula is C40H56N2O4. The van der Waals surface area contributed by atoms with Gasteiger partial charge in [-0.05, 0) is 61.4 Å². The summed E-state index contributed by atoms with van der Waals surface area (Å²) in [6, 6.07) is 18.1. The van der Waals surface area contributed by atoms with Crippen molar-refractivity contribution in [2.45, 2.75) is 117 Å². The highest BCUT2D eigenvalue weighted by atomic mass is 16.5. The Kier molecular flexibility index (Phi) is 18.1. The molecule has 6 nitrogen and oxygen atoms in total. The molecule has 0 bridgehead atoms. The Hall–Kier alpha value is -3.80. The largest absolute Gasteiger partial charge is 0.507 e. The number of phenols is 2. The molecule has 46 heavy (non-hydrogen) atoms. The summed E-state index contributed by atoms with van der Waals surface area (Å²) >= 11 is 0. The third-order valence-electron chi connectivity index (χ3n) is 8.09. The van der Waals surface area contributed by atoms with Crippen molar-refractivity contribution in [1.82, 2.24) is 0 Å². The number of phenolic OH excluding ortho intramolecular Hbond substituents is 2. The minimum atomic E-state index is 0.141. The van der Waals surface area contributed by atoms with Crippen molar-refractivity contribution in [2.24, 2.45) is 9.98 Å². The molecule has 3 aromatic rings. The number of unbranched alkanes of at least 4 members (excludes halogenated alkanes) is 14. The van der Waals surface area contributed by atoms with Crippen LogP contribution in [0, 0.1) is 0 Å². The number of nitrogens with zero attached hydrogens (tertiary/aromatic N) is 2. The van der Waals surface area contributed by atoms with Crippen LogP contribution in [0.2, 0.25) is 0 Å². The van der Waals surface area contributed by atoms with Crippen molar-refractivity contribution in [3.63, 3.8) is 0 Å². The molecule has 0 aliphatic rings. The number of ether oxygens (including phenoxy) is 2. The predicted octanol–water partition coefficient (Wildman–Crippen LogP) is 11.6. The van der Waals surface area contributed by atoms with Gasteiger partial charge in [-0.15, -0.1) is 0 Å². The molecule has 0 aliphatic heterocycles. The van der Waals surface area contributed by atoms with E-state index in [2.05, 4.69) is 23.8 Å². The van der Waals surface area contributed by atoms with E-state index in [9.17, 15) is 10.2 Å². The maximum atomic E-state index is 10.5. The lowest BCUT2D eigenvalue weighted by molar-refractivity contribution is 0.302. The van der Waals surface area contributed by atoms with Gasteiger partial charge in [0.05, 0.1) is 24.6 Å². The maximum absolute atomic E-state index is 10.5. The van der Waals surface area contributed by atoms with Gasteiger partial charge in [-0.1, -0.05) is 104 Å². The zero-order valence-electron chi connectivity index (χ0n) is 28.3. The summed E-state index contributed by atoms with van der Waals surface area (Å²) in [7, 11) is 0. The van der Waals surface area contributed by atoms with Crippen molar-refractivity contribution >= 4 is 23.8 Å². The molecule has 0 amide bonds. The molecule has 250 valence electrons. The van der Waals surface area contributed by atoms with Crippen molar-refractivity contribution in [3.8, 4) is 23.0 Å². The highest BCUT2D eigenvalue weighted by molar-refractivity contribution is 5.87. The molecule has 0 radical (unpaired) electrons. The second-order valence-corrected chi connectivity index (χ2v) is 12.1. The third-order valence-corrected chi connectivity index (χ3v) is 8.09. The number of hydrogen-bond donors (Lipinski definition) is 2. The van der Waals surface area contributed by atoms with Gasteiger partial charge in [0.2, 0.25) is 0 Å². The van der Waals surface area contributed by atoms with Crippen LogP contribution in [0.1, 0.15) is 128 Å². The second kappa shape index (κ2) is 22.7. The Labute approximate surface area is 277 Å². The Balaban J connectivity index is 1.38. The second-order valence-electron chi connectivity index (χ2n) is 12.1. The van der Waals surface area contributed by atoms with Crippen molar-refractivity contribution < 1.29 is 19.7 Å². The van der Waals surface area contributed by atoms with Crippen LogP contribution >= 0.6 is 0 Å². The Morgan fingerprint density at radius 2 is 0.826 bits per heavy atom. The Morgan fingerprint density at radius 3 is 1.17 bits per heavy atom. The van der Waals surface area contributed by atoms with E-state index in [1.54, 1.807) is 24.6 Å². The summed E-state index contributed by atoms with van der Waals surface area (Å²) in [6.45, 7) is 5.81. The van der Waals surface area contributed by atoms with Crippen LogP contribution in [0.25, 0.3) is 0 Å². The van der Waals surface area contributed by atoms with Crippen LogP contribution in [-0.2, 0) is 0 Å². The van der Waals surface area contributed by atoms with Crippen LogP contribution in [0.4, 0.5) is 11.4 Å². The first-order chi connectivity index (χ1) is 22.6. The fraction of sp³-hybridized carbons (Fsp3) is 0.500. The van der Waals surface area contributed by atoms with E-state index in [0.717, 1.165) is 24.2 Å². The molecule has 0 fully saturated rings. The zero-order valence-corrected chi connectivity index (χ0v) is 28.3. The first-order valence-electron chi connectivity index (χ1n) is 17.7. The van der Waals surface area contributed by atoms with Crippen LogP contribution < -0.4 is 9.47 Å². The molecule has 0 aliphatic carbocycles. The number of benzene rings is 3. The zero-order chi connectivity index (χ0) is 32.7. The average Bonchev–Trinajstić information content (AvgIpc) is 3.06. The van der Waals surface area contributed by atoms with Gasteiger partial charge in [0.1, 0.15) is 23.0 Å². The number of rotatable bonds is 24. The molecule has 0 atom stereocenters. The maximum Gasteiger partial charge on any atom is 0.128 e. The van der Waals surface area contributed by atoms with Gasteiger partial charge in [-0.25, -0.2) is 0 Å². The first-order valence-corrected chi connectivity index (χ1v) is 17.7. The number of aromatic hydroxyl groups is 2. The van der Waals surface area contributed by atoms with Gasteiger partial charge in [0.15, 0.2) is 0 Å². The summed E-state index contributed by atoms with van der Waals surface area (Å²) in [4.78, 5) is 8.99. The third kappa shape index (κ3) is 15.0. The van der Waals surface area contributed by atoms with Crippen LogP contribution in [0.5, 0.6) is 23.0 Å². The molecule has 3 aromatic carbocycles. The highest BCUT2D eigenvalue weighted by Crippen LogP contribution is 2.26. The number of aliphatic imine (C=N–C) groups is 2. The standard InChI is InChI=1S/C40H56N2O4/c1-3-5-7-9-11-13-15-17-27-45-37-25-19-33(39(43)29-37)31-41-35-21-23-36(24-22-35)42-32-34-20-26-38(30-40(34)44)46-28-18-16-14-12-10-8-6-4-2/h19-26,29-32,43-44H,3-18,27-28H2,1-2H3. The number of hydrogen-bond acceptors (Lipinski definition) is 6. The van der Waals surface area contributed by atoms with E-state index in [-0.39, 0.29) is 11.5 Å². The summed E-state index contributed by atoms with van der Waals surface area (Å²) in [5.41, 5.74) is 2.74. The summed E-state index contributed by atoms with van der Waals surface area (Å²) in [5.74, 6) is 1.63. The van der Waals surface area contributed by atoms with Crippen molar-refractivity contribution in [2.75, 3.05) is 13.2 Å². The minimum absolute atomic E-state index is 0.141. The average molecular weight is 629 g/mol. The van der Waals surface area contributed by atoms with Crippen LogP contribution in [0.3, 0.4) is 0 Å². The lowest BCUT2D eigenvalue weighted by Gasteiger charge is -2.08.